The minimum Gasteiger partial charge on any atom is -0.475 e. The Morgan fingerprint density at radius 1 is 1.19 bits per heavy atom. The van der Waals surface area contributed by atoms with Crippen LogP contribution in [-0.2, 0) is 24.6 Å². The molecule has 0 saturated carbocycles. The molecular weight excluding hydrogens is 425 g/mol. The summed E-state index contributed by atoms with van der Waals surface area (Å²) in [6.07, 6.45) is 1.13. The second-order valence-electron chi connectivity index (χ2n) is 7.07. The standard InChI is InChI=1S/C22H24FNO8/c1-3-30-21(25)14-31-20-13-17(4-5-19(20)24(26)27)32-18-11-15(10-16(23)12-18)22(28-2)6-8-29-9-7-22/h4-5,10-13H,3,6-9,14H2,1-2H3. The second-order valence-corrected chi connectivity index (χ2v) is 7.07. The molecule has 1 heterocycles. The number of methoxy groups -OCH3 is 1. The highest BCUT2D eigenvalue weighted by molar-refractivity contribution is 5.71. The van der Waals surface area contributed by atoms with Gasteiger partial charge in [0.2, 0.25) is 5.75 Å². The van der Waals surface area contributed by atoms with E-state index in [0.717, 1.165) is 0 Å². The van der Waals surface area contributed by atoms with Gasteiger partial charge in [-0.2, -0.15) is 0 Å². The summed E-state index contributed by atoms with van der Waals surface area (Å²) in [5, 5.41) is 11.3. The Kier molecular flexibility index (Phi) is 7.60. The van der Waals surface area contributed by atoms with Crippen molar-refractivity contribution in [3.63, 3.8) is 0 Å². The lowest BCUT2D eigenvalue weighted by Gasteiger charge is -2.36. The van der Waals surface area contributed by atoms with Crippen LogP contribution in [-0.4, -0.2) is 44.4 Å². The Morgan fingerprint density at radius 3 is 2.59 bits per heavy atom. The molecule has 32 heavy (non-hydrogen) atoms. The van der Waals surface area contributed by atoms with E-state index < -0.39 is 28.9 Å². The molecule has 1 saturated heterocycles. The molecule has 3 rings (SSSR count). The van der Waals surface area contributed by atoms with Gasteiger partial charge in [0, 0.05) is 51.4 Å². The van der Waals surface area contributed by atoms with Crippen LogP contribution in [0, 0.1) is 15.9 Å². The van der Waals surface area contributed by atoms with E-state index in [9.17, 15) is 19.3 Å². The number of rotatable bonds is 9. The highest BCUT2D eigenvalue weighted by Gasteiger charge is 2.35. The van der Waals surface area contributed by atoms with Crippen molar-refractivity contribution in [3.8, 4) is 17.2 Å². The van der Waals surface area contributed by atoms with Gasteiger partial charge in [0.05, 0.1) is 17.1 Å². The molecule has 1 fully saturated rings. The van der Waals surface area contributed by atoms with Crippen molar-refractivity contribution in [2.75, 3.05) is 33.5 Å². The first-order valence-corrected chi connectivity index (χ1v) is 10.1. The highest BCUT2D eigenvalue weighted by atomic mass is 19.1. The Balaban J connectivity index is 1.86. The Labute approximate surface area is 184 Å². The smallest absolute Gasteiger partial charge is 0.344 e. The summed E-state index contributed by atoms with van der Waals surface area (Å²) in [4.78, 5) is 22.2. The molecule has 1 aliphatic heterocycles. The molecule has 2 aromatic carbocycles. The van der Waals surface area contributed by atoms with Crippen molar-refractivity contribution in [3.05, 3.63) is 57.9 Å². The quantitative estimate of drug-likeness (QED) is 0.320. The molecule has 10 heteroatoms. The number of benzene rings is 2. The average molecular weight is 449 g/mol. The van der Waals surface area contributed by atoms with Gasteiger partial charge in [0.15, 0.2) is 6.61 Å². The van der Waals surface area contributed by atoms with Crippen molar-refractivity contribution in [2.45, 2.75) is 25.4 Å². The Morgan fingerprint density at radius 2 is 1.94 bits per heavy atom. The molecule has 0 spiro atoms. The second kappa shape index (κ2) is 10.4. The van der Waals surface area contributed by atoms with Crippen molar-refractivity contribution in [2.24, 2.45) is 0 Å². The lowest BCUT2D eigenvalue weighted by atomic mass is 9.86. The van der Waals surface area contributed by atoms with Crippen molar-refractivity contribution in [1.82, 2.24) is 0 Å². The molecule has 0 N–H and O–H groups in total. The molecule has 9 nitrogen and oxygen atoms in total. The number of esters is 1. The van der Waals surface area contributed by atoms with Crippen LogP contribution in [0.4, 0.5) is 10.1 Å². The first-order chi connectivity index (χ1) is 15.4. The van der Waals surface area contributed by atoms with Gasteiger partial charge in [-0.15, -0.1) is 0 Å². The lowest BCUT2D eigenvalue weighted by Crippen LogP contribution is -2.35. The molecule has 0 radical (unpaired) electrons. The highest BCUT2D eigenvalue weighted by Crippen LogP contribution is 2.39. The molecule has 0 amide bonds. The molecule has 0 unspecified atom stereocenters. The van der Waals surface area contributed by atoms with Gasteiger partial charge in [-0.25, -0.2) is 9.18 Å². The summed E-state index contributed by atoms with van der Waals surface area (Å²) in [7, 11) is 1.57. The summed E-state index contributed by atoms with van der Waals surface area (Å²) in [6.45, 7) is 2.27. The zero-order valence-corrected chi connectivity index (χ0v) is 17.8. The molecule has 172 valence electrons. The van der Waals surface area contributed by atoms with Gasteiger partial charge in [-0.3, -0.25) is 10.1 Å². The summed E-state index contributed by atoms with van der Waals surface area (Å²) >= 11 is 0. The molecule has 0 bridgehead atoms. The van der Waals surface area contributed by atoms with E-state index in [0.29, 0.717) is 31.6 Å². The SMILES string of the molecule is CCOC(=O)COc1cc(Oc2cc(F)cc(C3(OC)CCOCC3)c2)ccc1[N+](=O)[O-]. The number of carbonyl (C=O) groups is 1. The van der Waals surface area contributed by atoms with Crippen LogP contribution in [0.2, 0.25) is 0 Å². The predicted octanol–water partition coefficient (Wildman–Crippen LogP) is 4.12. The van der Waals surface area contributed by atoms with Gasteiger partial charge >= 0.3 is 11.7 Å². The fourth-order valence-corrected chi connectivity index (χ4v) is 3.50. The van der Waals surface area contributed by atoms with E-state index in [1.165, 1.54) is 30.3 Å². The Bertz CT molecular complexity index is 974. The summed E-state index contributed by atoms with van der Waals surface area (Å²) < 4.78 is 41.3. The maximum atomic E-state index is 14.4. The number of nitro groups is 1. The minimum atomic E-state index is -0.693. The lowest BCUT2D eigenvalue weighted by molar-refractivity contribution is -0.385. The van der Waals surface area contributed by atoms with Crippen LogP contribution in [0.5, 0.6) is 17.2 Å². The number of ether oxygens (including phenoxy) is 5. The number of hydrogen-bond donors (Lipinski definition) is 0. The number of hydrogen-bond acceptors (Lipinski definition) is 8. The zero-order chi connectivity index (χ0) is 23.1. The number of nitrogens with zero attached hydrogens (tertiary/aromatic N) is 1. The van der Waals surface area contributed by atoms with Gasteiger partial charge in [-0.05, 0) is 30.7 Å². The number of carbonyl (C=O) groups excluding carboxylic acids is 1. The fraction of sp³-hybridized carbons (Fsp3) is 0.409. The third kappa shape index (κ3) is 5.51. The van der Waals surface area contributed by atoms with Gasteiger partial charge in [0.1, 0.15) is 17.3 Å². The first-order valence-electron chi connectivity index (χ1n) is 10.1. The normalized spacial score (nSPS) is 15.1. The van der Waals surface area contributed by atoms with Crippen LogP contribution in [0.1, 0.15) is 25.3 Å². The third-order valence-electron chi connectivity index (χ3n) is 5.10. The molecule has 2 aromatic rings. The van der Waals surface area contributed by atoms with E-state index in [1.807, 2.05) is 0 Å². The minimum absolute atomic E-state index is 0.157. The zero-order valence-electron chi connectivity index (χ0n) is 17.8. The van der Waals surface area contributed by atoms with Crippen LogP contribution in [0.3, 0.4) is 0 Å². The first kappa shape index (κ1) is 23.4. The molecule has 0 atom stereocenters. The predicted molar refractivity (Wildman–Crippen MR) is 110 cm³/mol. The van der Waals surface area contributed by atoms with Crippen LogP contribution in [0.25, 0.3) is 0 Å². The summed E-state index contributed by atoms with van der Waals surface area (Å²) in [5.74, 6) is -0.988. The number of halogens is 1. The van der Waals surface area contributed by atoms with E-state index in [2.05, 4.69) is 0 Å². The average Bonchev–Trinajstić information content (AvgIpc) is 2.78. The van der Waals surface area contributed by atoms with Crippen molar-refractivity contribution >= 4 is 11.7 Å². The van der Waals surface area contributed by atoms with Crippen LogP contribution >= 0.6 is 0 Å². The maximum absolute atomic E-state index is 14.4. The number of nitro benzene ring substituents is 1. The van der Waals surface area contributed by atoms with Crippen molar-refractivity contribution in [1.29, 1.82) is 0 Å². The van der Waals surface area contributed by atoms with Crippen molar-refractivity contribution < 1.29 is 37.8 Å². The maximum Gasteiger partial charge on any atom is 0.344 e. The summed E-state index contributed by atoms with van der Waals surface area (Å²) in [5.41, 5.74) is -0.428. The van der Waals surface area contributed by atoms with Crippen LogP contribution < -0.4 is 9.47 Å². The monoisotopic (exact) mass is 449 g/mol. The van der Waals surface area contributed by atoms with Gasteiger partial charge in [0.25, 0.3) is 0 Å². The van der Waals surface area contributed by atoms with E-state index in [-0.39, 0.29) is 29.5 Å². The van der Waals surface area contributed by atoms with E-state index in [4.69, 9.17) is 23.7 Å². The molecule has 0 aliphatic carbocycles. The third-order valence-corrected chi connectivity index (χ3v) is 5.10. The largest absolute Gasteiger partial charge is 0.475 e. The van der Waals surface area contributed by atoms with Gasteiger partial charge < -0.3 is 23.7 Å². The fourth-order valence-electron chi connectivity index (χ4n) is 3.50. The molecule has 1 aliphatic rings. The van der Waals surface area contributed by atoms with Gasteiger partial charge in [-0.1, -0.05) is 0 Å². The van der Waals surface area contributed by atoms with Crippen LogP contribution in [0.15, 0.2) is 36.4 Å². The van der Waals surface area contributed by atoms with E-state index in [1.54, 1.807) is 20.1 Å². The summed E-state index contributed by atoms with van der Waals surface area (Å²) in [6, 6.07) is 8.07. The molecular formula is C22H24FNO8. The topological polar surface area (TPSA) is 106 Å². The Hall–Kier alpha value is -3.24. The molecule has 0 aromatic heterocycles. The van der Waals surface area contributed by atoms with E-state index >= 15 is 0 Å².